The van der Waals surface area contributed by atoms with E-state index in [2.05, 4.69) is 48.3 Å². The van der Waals surface area contributed by atoms with Crippen molar-refractivity contribution in [1.29, 1.82) is 0 Å². The molecular formula is C30H37N3O3. The molecule has 0 spiro atoms. The fourth-order valence-electron chi connectivity index (χ4n) is 5.16. The van der Waals surface area contributed by atoms with Gasteiger partial charge in [-0.3, -0.25) is 9.69 Å². The molecule has 6 heteroatoms. The molecule has 4 rings (SSSR count). The second-order valence-corrected chi connectivity index (χ2v) is 9.81. The lowest BCUT2D eigenvalue weighted by Gasteiger charge is -2.25. The maximum Gasteiger partial charge on any atom is 0.304 e. The number of carboxylic acid groups (broad SMARTS) is 1. The largest absolute Gasteiger partial charge is 0.489 e. The number of carboxylic acids is 1. The summed E-state index contributed by atoms with van der Waals surface area (Å²) >= 11 is 0. The van der Waals surface area contributed by atoms with Crippen molar-refractivity contribution in [3.8, 4) is 5.75 Å². The quantitative estimate of drug-likeness (QED) is 0.353. The Hall–Kier alpha value is -3.51. The second-order valence-electron chi connectivity index (χ2n) is 9.81. The molecule has 3 aromatic carbocycles. The third kappa shape index (κ3) is 5.65. The number of aliphatic carboxylic acids is 1. The third-order valence-corrected chi connectivity index (χ3v) is 7.06. The molecular weight excluding hydrogens is 450 g/mol. The number of nitrogen functional groups attached to an aromatic ring is 1. The molecule has 36 heavy (non-hydrogen) atoms. The molecule has 0 aliphatic carbocycles. The van der Waals surface area contributed by atoms with Crippen LogP contribution in [0.25, 0.3) is 0 Å². The number of ether oxygens (including phenoxy) is 1. The molecule has 0 saturated carbocycles. The van der Waals surface area contributed by atoms with Gasteiger partial charge in [0.25, 0.3) is 0 Å². The van der Waals surface area contributed by atoms with Gasteiger partial charge in [0, 0.05) is 37.7 Å². The molecule has 0 aromatic heterocycles. The number of aryl methyl sites for hydroxylation is 1. The lowest BCUT2D eigenvalue weighted by Crippen LogP contribution is -2.30. The summed E-state index contributed by atoms with van der Waals surface area (Å²) < 4.78 is 6.15. The Balaban J connectivity index is 1.67. The van der Waals surface area contributed by atoms with Crippen LogP contribution in [0.3, 0.4) is 0 Å². The van der Waals surface area contributed by atoms with Crippen LogP contribution in [-0.2, 0) is 17.9 Å². The van der Waals surface area contributed by atoms with Gasteiger partial charge >= 0.3 is 5.97 Å². The number of hydrogen-bond acceptors (Lipinski definition) is 5. The minimum atomic E-state index is -0.828. The van der Waals surface area contributed by atoms with Gasteiger partial charge in [-0.25, -0.2) is 0 Å². The van der Waals surface area contributed by atoms with Crippen LogP contribution in [0.5, 0.6) is 5.75 Å². The lowest BCUT2D eigenvalue weighted by molar-refractivity contribution is -0.137. The van der Waals surface area contributed by atoms with Gasteiger partial charge < -0.3 is 20.9 Å². The van der Waals surface area contributed by atoms with Gasteiger partial charge in [0.15, 0.2) is 0 Å². The molecule has 1 heterocycles. The van der Waals surface area contributed by atoms with Crippen molar-refractivity contribution >= 4 is 17.3 Å². The first-order valence-corrected chi connectivity index (χ1v) is 12.7. The number of para-hydroxylation sites is 1. The van der Waals surface area contributed by atoms with Crippen LogP contribution in [0, 0.1) is 13.8 Å². The van der Waals surface area contributed by atoms with Crippen LogP contribution in [0.1, 0.15) is 59.6 Å². The first-order chi connectivity index (χ1) is 17.3. The zero-order valence-corrected chi connectivity index (χ0v) is 21.7. The van der Waals surface area contributed by atoms with Crippen LogP contribution >= 0.6 is 0 Å². The predicted molar refractivity (Wildman–Crippen MR) is 146 cm³/mol. The number of nitrogens with zero attached hydrogens (tertiary/aromatic N) is 1. The summed E-state index contributed by atoms with van der Waals surface area (Å²) in [6.45, 7) is 11.4. The van der Waals surface area contributed by atoms with E-state index in [0.717, 1.165) is 54.3 Å². The first kappa shape index (κ1) is 25.6. The van der Waals surface area contributed by atoms with Crippen LogP contribution in [0.15, 0.2) is 54.6 Å². The van der Waals surface area contributed by atoms with Gasteiger partial charge in [-0.2, -0.15) is 0 Å². The number of nitrogens with two attached hydrogens (primary N) is 1. The van der Waals surface area contributed by atoms with E-state index in [1.54, 1.807) is 0 Å². The predicted octanol–water partition coefficient (Wildman–Crippen LogP) is 5.71. The van der Waals surface area contributed by atoms with E-state index in [4.69, 9.17) is 10.5 Å². The number of benzene rings is 3. The summed E-state index contributed by atoms with van der Waals surface area (Å²) in [6, 6.07) is 18.5. The smallest absolute Gasteiger partial charge is 0.304 e. The Bertz CT molecular complexity index is 1240. The van der Waals surface area contributed by atoms with Crippen LogP contribution < -0.4 is 15.8 Å². The average molecular weight is 488 g/mol. The summed E-state index contributed by atoms with van der Waals surface area (Å²) in [7, 11) is 0. The van der Waals surface area contributed by atoms with E-state index >= 15 is 0 Å². The van der Waals surface area contributed by atoms with Crippen molar-refractivity contribution in [1.82, 2.24) is 4.90 Å². The van der Waals surface area contributed by atoms with E-state index in [-0.39, 0.29) is 18.4 Å². The number of fused-ring (bicyclic) bond motifs is 1. The van der Waals surface area contributed by atoms with E-state index in [9.17, 15) is 9.90 Å². The fourth-order valence-corrected chi connectivity index (χ4v) is 5.16. The zero-order valence-electron chi connectivity index (χ0n) is 21.7. The summed E-state index contributed by atoms with van der Waals surface area (Å²) in [5.41, 5.74) is 14.4. The highest BCUT2D eigenvalue weighted by Gasteiger charge is 2.24. The number of nitrogens with one attached hydrogen (secondary N) is 1. The Labute approximate surface area is 214 Å². The molecule has 0 amide bonds. The second kappa shape index (κ2) is 11.0. The van der Waals surface area contributed by atoms with Gasteiger partial charge in [0.05, 0.1) is 17.8 Å². The lowest BCUT2D eigenvalue weighted by atomic mass is 9.84. The van der Waals surface area contributed by atoms with E-state index < -0.39 is 5.97 Å². The minimum absolute atomic E-state index is 0.00526. The van der Waals surface area contributed by atoms with E-state index in [1.165, 1.54) is 16.7 Å². The van der Waals surface area contributed by atoms with E-state index in [0.29, 0.717) is 5.69 Å². The normalized spacial score (nSPS) is 16.5. The monoisotopic (exact) mass is 487 g/mol. The van der Waals surface area contributed by atoms with Crippen molar-refractivity contribution in [3.05, 3.63) is 88.0 Å². The fraction of sp³-hybridized carbons (Fsp3) is 0.367. The van der Waals surface area contributed by atoms with Gasteiger partial charge in [0.2, 0.25) is 0 Å². The number of carbonyl (C=O) groups is 1. The van der Waals surface area contributed by atoms with Gasteiger partial charge in [-0.05, 0) is 67.6 Å². The molecule has 2 unspecified atom stereocenters. The zero-order chi connectivity index (χ0) is 25.8. The van der Waals surface area contributed by atoms with Crippen molar-refractivity contribution in [3.63, 3.8) is 0 Å². The summed E-state index contributed by atoms with van der Waals surface area (Å²) in [4.78, 5) is 14.3. The third-order valence-electron chi connectivity index (χ3n) is 7.06. The summed E-state index contributed by atoms with van der Waals surface area (Å²) in [5, 5.41) is 13.1. The highest BCUT2D eigenvalue weighted by molar-refractivity contribution is 5.74. The molecule has 0 radical (unpaired) electrons. The summed E-state index contributed by atoms with van der Waals surface area (Å²) in [5.74, 6) is -0.161. The highest BCUT2D eigenvalue weighted by Crippen LogP contribution is 2.36. The maximum atomic E-state index is 11.9. The Kier molecular flexibility index (Phi) is 7.85. The molecule has 6 nitrogen and oxygen atoms in total. The number of anilines is 2. The Morgan fingerprint density at radius 2 is 1.97 bits per heavy atom. The van der Waals surface area contributed by atoms with E-state index in [1.807, 2.05) is 44.2 Å². The topological polar surface area (TPSA) is 87.8 Å². The average Bonchev–Trinajstić information content (AvgIpc) is 2.99. The Morgan fingerprint density at radius 3 is 2.72 bits per heavy atom. The molecule has 0 bridgehead atoms. The van der Waals surface area contributed by atoms with Crippen molar-refractivity contribution < 1.29 is 14.6 Å². The maximum absolute atomic E-state index is 11.9. The molecule has 0 saturated heterocycles. The number of hydrogen-bond donors (Lipinski definition) is 3. The minimum Gasteiger partial charge on any atom is -0.489 e. The van der Waals surface area contributed by atoms with Crippen molar-refractivity contribution in [2.24, 2.45) is 0 Å². The molecule has 1 aliphatic rings. The SMILES string of the molecule is CCNc1ccc(C(CC(=O)O)c2ccc(C)c(CN3Cc4ccccc4OC(C)C3)c2)c(C)c1N. The summed E-state index contributed by atoms with van der Waals surface area (Å²) in [6.07, 6.45) is 0.0865. The molecule has 190 valence electrons. The van der Waals surface area contributed by atoms with Gasteiger partial charge in [-0.15, -0.1) is 0 Å². The van der Waals surface area contributed by atoms with Crippen molar-refractivity contribution in [2.75, 3.05) is 24.1 Å². The molecule has 3 aromatic rings. The van der Waals surface area contributed by atoms with Gasteiger partial charge in [0.1, 0.15) is 11.9 Å². The van der Waals surface area contributed by atoms with Crippen LogP contribution in [-0.4, -0.2) is 35.2 Å². The molecule has 0 fully saturated rings. The van der Waals surface area contributed by atoms with Crippen LogP contribution in [0.2, 0.25) is 0 Å². The number of rotatable bonds is 8. The Morgan fingerprint density at radius 1 is 1.19 bits per heavy atom. The first-order valence-electron chi connectivity index (χ1n) is 12.7. The van der Waals surface area contributed by atoms with Crippen molar-refractivity contribution in [2.45, 2.75) is 59.2 Å². The molecule has 2 atom stereocenters. The molecule has 4 N–H and O–H groups in total. The highest BCUT2D eigenvalue weighted by atomic mass is 16.5. The van der Waals surface area contributed by atoms with Crippen LogP contribution in [0.4, 0.5) is 11.4 Å². The molecule has 1 aliphatic heterocycles. The van der Waals surface area contributed by atoms with Gasteiger partial charge in [-0.1, -0.05) is 42.5 Å². The standard InChI is InChI=1S/C30H37N3O3/c1-5-32-27-13-12-25(21(4)30(27)31)26(15-29(34)35)22-11-10-19(2)24(14-22)18-33-16-20(3)36-28-9-7-6-8-23(28)17-33/h6-14,20,26,32H,5,15-18,31H2,1-4H3,(H,34,35).